The number of benzene rings is 2. The van der Waals surface area contributed by atoms with Crippen LogP contribution in [0.1, 0.15) is 53.6 Å². The third-order valence-electron chi connectivity index (χ3n) is 7.55. The number of rotatable bonds is 9. The smallest absolute Gasteiger partial charge is 0.226 e. The van der Waals surface area contributed by atoms with E-state index in [0.29, 0.717) is 23.1 Å². The zero-order valence-corrected chi connectivity index (χ0v) is 24.2. The predicted octanol–water partition coefficient (Wildman–Crippen LogP) is 6.06. The molecule has 3 heterocycles. The number of hydrogen-bond donors (Lipinski definition) is 2. The van der Waals surface area contributed by atoms with Crippen molar-refractivity contribution in [3.63, 3.8) is 0 Å². The van der Waals surface area contributed by atoms with Crippen molar-refractivity contribution in [1.82, 2.24) is 19.8 Å². The van der Waals surface area contributed by atoms with Gasteiger partial charge in [-0.25, -0.2) is 0 Å². The number of para-hydroxylation sites is 2. The second-order valence-corrected chi connectivity index (χ2v) is 10.4. The number of carbonyl (C=O) groups is 1. The van der Waals surface area contributed by atoms with Crippen molar-refractivity contribution in [2.45, 2.75) is 45.7 Å². The first-order valence-corrected chi connectivity index (χ1v) is 14.0. The molecule has 0 aliphatic carbocycles. The largest absolute Gasteiger partial charge is 0.495 e. The molecular formula is C32H35N5O2S. The van der Waals surface area contributed by atoms with Crippen LogP contribution in [-0.4, -0.2) is 39.1 Å². The average molecular weight is 554 g/mol. The maximum Gasteiger partial charge on any atom is 0.226 e. The summed E-state index contributed by atoms with van der Waals surface area (Å²) < 4.78 is 7.68. The minimum atomic E-state index is -0.151. The number of amides is 1. The molecule has 4 aromatic rings. The van der Waals surface area contributed by atoms with Crippen LogP contribution in [0.3, 0.4) is 0 Å². The number of hydrogen-bond acceptors (Lipinski definition) is 4. The number of nitrogens with one attached hydrogen (secondary N) is 2. The van der Waals surface area contributed by atoms with E-state index in [0.717, 1.165) is 34.8 Å². The summed E-state index contributed by atoms with van der Waals surface area (Å²) in [5, 5.41) is 7.10. The molecule has 7 nitrogen and oxygen atoms in total. The van der Waals surface area contributed by atoms with Crippen molar-refractivity contribution in [2.24, 2.45) is 0 Å². The minimum absolute atomic E-state index is 0.103. The van der Waals surface area contributed by atoms with Gasteiger partial charge in [-0.3, -0.25) is 9.78 Å². The summed E-state index contributed by atoms with van der Waals surface area (Å²) in [5.41, 5.74) is 7.44. The molecule has 40 heavy (non-hydrogen) atoms. The summed E-state index contributed by atoms with van der Waals surface area (Å²) in [6.07, 6.45) is 3.08. The van der Waals surface area contributed by atoms with E-state index >= 15 is 0 Å². The first-order valence-electron chi connectivity index (χ1n) is 13.6. The van der Waals surface area contributed by atoms with E-state index in [4.69, 9.17) is 17.0 Å². The van der Waals surface area contributed by atoms with Crippen LogP contribution in [0.15, 0.2) is 79.0 Å². The second kappa shape index (κ2) is 11.9. The molecule has 1 amide bonds. The molecular weight excluding hydrogens is 518 g/mol. The Labute approximate surface area is 241 Å². The molecule has 1 fully saturated rings. The summed E-state index contributed by atoms with van der Waals surface area (Å²) in [5.74, 6) is 0.524. The zero-order chi connectivity index (χ0) is 28.2. The SMILES string of the molecule is CCc1ccc(-n2c(C)cc([C@@H]3[C@@H](c4ccccn4)NC(=S)N3CCC(=O)Nc3ccccc3OC)c2C)cc1. The molecule has 2 atom stereocenters. The van der Waals surface area contributed by atoms with E-state index in [2.05, 4.69) is 76.2 Å². The van der Waals surface area contributed by atoms with Gasteiger partial charge in [0.05, 0.1) is 30.6 Å². The van der Waals surface area contributed by atoms with Crippen LogP contribution in [0.25, 0.3) is 5.69 Å². The fourth-order valence-electron chi connectivity index (χ4n) is 5.53. The monoisotopic (exact) mass is 553 g/mol. The van der Waals surface area contributed by atoms with Gasteiger partial charge in [0.15, 0.2) is 5.11 Å². The number of thiocarbonyl (C=S) groups is 1. The molecule has 8 heteroatoms. The first kappa shape index (κ1) is 27.4. The molecule has 206 valence electrons. The Balaban J connectivity index is 1.46. The Kier molecular flexibility index (Phi) is 8.16. The second-order valence-electron chi connectivity index (χ2n) is 10.0. The van der Waals surface area contributed by atoms with Crippen LogP contribution in [-0.2, 0) is 11.2 Å². The normalized spacial score (nSPS) is 16.6. The highest BCUT2D eigenvalue weighted by Gasteiger charge is 2.41. The van der Waals surface area contributed by atoms with Gasteiger partial charge in [-0.05, 0) is 86.1 Å². The lowest BCUT2D eigenvalue weighted by Gasteiger charge is -2.28. The van der Waals surface area contributed by atoms with Crippen LogP contribution in [0, 0.1) is 13.8 Å². The van der Waals surface area contributed by atoms with Gasteiger partial charge in [0, 0.05) is 36.2 Å². The number of pyridine rings is 1. The van der Waals surface area contributed by atoms with Crippen LogP contribution < -0.4 is 15.4 Å². The number of anilines is 1. The summed E-state index contributed by atoms with van der Waals surface area (Å²) in [6.45, 7) is 6.90. The number of aromatic nitrogens is 2. The van der Waals surface area contributed by atoms with Gasteiger partial charge in [0.2, 0.25) is 5.91 Å². The van der Waals surface area contributed by atoms with E-state index in [1.54, 1.807) is 13.3 Å². The molecule has 1 aliphatic rings. The molecule has 2 aromatic heterocycles. The summed E-state index contributed by atoms with van der Waals surface area (Å²) in [7, 11) is 1.59. The summed E-state index contributed by atoms with van der Waals surface area (Å²) in [6, 6.07) is 24.0. The molecule has 0 bridgehead atoms. The van der Waals surface area contributed by atoms with Gasteiger partial charge in [0.1, 0.15) is 5.75 Å². The van der Waals surface area contributed by atoms with Gasteiger partial charge in [-0.2, -0.15) is 0 Å². The van der Waals surface area contributed by atoms with Gasteiger partial charge in [-0.15, -0.1) is 0 Å². The molecule has 0 saturated carbocycles. The number of methoxy groups -OCH3 is 1. The van der Waals surface area contributed by atoms with Crippen LogP contribution in [0.2, 0.25) is 0 Å². The van der Waals surface area contributed by atoms with E-state index < -0.39 is 0 Å². The van der Waals surface area contributed by atoms with Crippen molar-refractivity contribution >= 4 is 28.9 Å². The highest BCUT2D eigenvalue weighted by atomic mass is 32.1. The molecule has 5 rings (SSSR count). The third kappa shape index (κ3) is 5.45. The average Bonchev–Trinajstić information content (AvgIpc) is 3.46. The molecule has 1 aliphatic heterocycles. The van der Waals surface area contributed by atoms with Crippen LogP contribution in [0.5, 0.6) is 5.75 Å². The molecule has 2 N–H and O–H groups in total. The predicted molar refractivity (Wildman–Crippen MR) is 163 cm³/mol. The standard InChI is InChI=1S/C32H35N5O2S/c1-5-23-13-15-24(16-14-23)37-21(2)20-25(22(37)3)31-30(27-11-8-9-18-33-27)35-32(40)36(31)19-17-29(38)34-26-10-6-7-12-28(26)39-4/h6-16,18,20,30-31H,5,17,19H2,1-4H3,(H,34,38)(H,35,40)/t30-,31-/m1/s1. The van der Waals surface area contributed by atoms with E-state index in [-0.39, 0.29) is 24.4 Å². The van der Waals surface area contributed by atoms with Gasteiger partial charge >= 0.3 is 0 Å². The lowest BCUT2D eigenvalue weighted by molar-refractivity contribution is -0.116. The quantitative estimate of drug-likeness (QED) is 0.246. The topological polar surface area (TPSA) is 71.4 Å². The van der Waals surface area contributed by atoms with Crippen LogP contribution >= 0.6 is 12.2 Å². The van der Waals surface area contributed by atoms with Crippen LogP contribution in [0.4, 0.5) is 5.69 Å². The maximum atomic E-state index is 13.0. The number of ether oxygens (including phenoxy) is 1. The molecule has 0 radical (unpaired) electrons. The van der Waals surface area contributed by atoms with E-state index in [1.807, 2.05) is 42.5 Å². The van der Waals surface area contributed by atoms with E-state index in [9.17, 15) is 4.79 Å². The Hall–Kier alpha value is -4.17. The van der Waals surface area contributed by atoms with E-state index in [1.165, 1.54) is 5.56 Å². The number of aryl methyl sites for hydroxylation is 2. The minimum Gasteiger partial charge on any atom is -0.495 e. The van der Waals surface area contributed by atoms with Gasteiger partial charge < -0.3 is 24.8 Å². The summed E-state index contributed by atoms with van der Waals surface area (Å²) >= 11 is 5.85. The van der Waals surface area contributed by atoms with Gasteiger partial charge in [0.25, 0.3) is 0 Å². The van der Waals surface area contributed by atoms with Crippen molar-refractivity contribution < 1.29 is 9.53 Å². The molecule has 0 spiro atoms. The number of carbonyl (C=O) groups excluding carboxylic acids is 1. The Morgan fingerprint density at radius 2 is 1.82 bits per heavy atom. The van der Waals surface area contributed by atoms with Gasteiger partial charge in [-0.1, -0.05) is 37.3 Å². The summed E-state index contributed by atoms with van der Waals surface area (Å²) in [4.78, 5) is 19.8. The first-order chi connectivity index (χ1) is 19.4. The molecule has 1 saturated heterocycles. The molecule has 2 aromatic carbocycles. The molecule has 0 unspecified atom stereocenters. The number of nitrogens with zero attached hydrogens (tertiary/aromatic N) is 3. The highest BCUT2D eigenvalue weighted by molar-refractivity contribution is 7.80. The van der Waals surface area contributed by atoms with Crippen molar-refractivity contribution in [3.8, 4) is 11.4 Å². The Morgan fingerprint density at radius 1 is 1.07 bits per heavy atom. The highest BCUT2D eigenvalue weighted by Crippen LogP contribution is 2.41. The van der Waals surface area contributed by atoms with Crippen molar-refractivity contribution in [1.29, 1.82) is 0 Å². The Morgan fingerprint density at radius 3 is 2.52 bits per heavy atom. The third-order valence-corrected chi connectivity index (χ3v) is 7.90. The lowest BCUT2D eigenvalue weighted by Crippen LogP contribution is -2.33. The Bertz CT molecular complexity index is 1500. The van der Waals surface area contributed by atoms with Crippen molar-refractivity contribution in [2.75, 3.05) is 19.0 Å². The fraction of sp³-hybridized carbons (Fsp3) is 0.281. The zero-order valence-electron chi connectivity index (χ0n) is 23.3. The fourth-order valence-corrected chi connectivity index (χ4v) is 5.86. The van der Waals surface area contributed by atoms with Crippen molar-refractivity contribution in [3.05, 3.63) is 107 Å². The maximum absolute atomic E-state index is 13.0. The lowest BCUT2D eigenvalue weighted by atomic mass is 9.96.